The second kappa shape index (κ2) is 4.21. The molecule has 4 heteroatoms. The molecule has 0 aromatic carbocycles. The number of rotatable bonds is 1. The van der Waals surface area contributed by atoms with E-state index < -0.39 is 0 Å². The van der Waals surface area contributed by atoms with E-state index >= 15 is 0 Å². The fraction of sp³-hybridized carbons (Fsp3) is 0.818. The fourth-order valence-corrected chi connectivity index (χ4v) is 2.46. The molecule has 0 atom stereocenters. The zero-order valence-electron chi connectivity index (χ0n) is 9.16. The van der Waals surface area contributed by atoms with Crippen molar-refractivity contribution in [2.24, 2.45) is 5.92 Å². The van der Waals surface area contributed by atoms with Gasteiger partial charge < -0.3 is 10.2 Å². The maximum atomic E-state index is 11.6. The van der Waals surface area contributed by atoms with E-state index in [-0.39, 0.29) is 24.9 Å². The molecule has 0 bridgehead atoms. The van der Waals surface area contributed by atoms with Gasteiger partial charge in [0.15, 0.2) is 0 Å². The number of piperazine rings is 1. The smallest absolute Gasteiger partial charge is 0.242 e. The first-order chi connectivity index (χ1) is 7.16. The highest BCUT2D eigenvalue weighted by atomic mass is 16.2. The van der Waals surface area contributed by atoms with Crippen LogP contribution in [0.25, 0.3) is 0 Å². The van der Waals surface area contributed by atoms with Gasteiger partial charge in [0.05, 0.1) is 13.1 Å². The standard InChI is InChI=1S/C11H18N2O2/c1-8-2-4-9(5-3-8)13-7-10(14)12-6-11(13)15/h8-9H,2-7H2,1H3,(H,12,14). The van der Waals surface area contributed by atoms with Gasteiger partial charge in [-0.3, -0.25) is 9.59 Å². The van der Waals surface area contributed by atoms with Crippen molar-refractivity contribution in [1.29, 1.82) is 0 Å². The molecule has 0 aromatic heterocycles. The van der Waals surface area contributed by atoms with E-state index in [1.165, 1.54) is 12.8 Å². The van der Waals surface area contributed by atoms with Crippen LogP contribution in [-0.2, 0) is 9.59 Å². The van der Waals surface area contributed by atoms with Gasteiger partial charge in [-0.1, -0.05) is 6.92 Å². The zero-order valence-corrected chi connectivity index (χ0v) is 9.16. The number of amides is 2. The van der Waals surface area contributed by atoms with E-state index in [9.17, 15) is 9.59 Å². The molecule has 1 heterocycles. The lowest BCUT2D eigenvalue weighted by atomic mass is 9.86. The fourth-order valence-electron chi connectivity index (χ4n) is 2.46. The summed E-state index contributed by atoms with van der Waals surface area (Å²) in [5, 5.41) is 2.58. The minimum atomic E-state index is -0.0202. The molecule has 2 aliphatic rings. The lowest BCUT2D eigenvalue weighted by molar-refractivity contribution is -0.143. The monoisotopic (exact) mass is 210 g/mol. The first kappa shape index (κ1) is 10.5. The Balaban J connectivity index is 1.96. The van der Waals surface area contributed by atoms with Crippen LogP contribution in [0.5, 0.6) is 0 Å². The van der Waals surface area contributed by atoms with E-state index in [0.29, 0.717) is 6.04 Å². The highest BCUT2D eigenvalue weighted by Gasteiger charge is 2.31. The number of carbonyl (C=O) groups is 2. The van der Waals surface area contributed by atoms with E-state index in [1.54, 1.807) is 4.90 Å². The van der Waals surface area contributed by atoms with Crippen LogP contribution in [0.4, 0.5) is 0 Å². The van der Waals surface area contributed by atoms with Crippen molar-refractivity contribution in [3.8, 4) is 0 Å². The third kappa shape index (κ3) is 2.30. The minimum absolute atomic E-state index is 0.0202. The van der Waals surface area contributed by atoms with Gasteiger partial charge in [-0.05, 0) is 31.6 Å². The Morgan fingerprint density at radius 2 is 1.87 bits per heavy atom. The summed E-state index contributed by atoms with van der Waals surface area (Å²) in [5.74, 6) is 0.831. The predicted octanol–water partition coefficient (Wildman–Crippen LogP) is 0.523. The maximum Gasteiger partial charge on any atom is 0.242 e. The number of carbonyl (C=O) groups excluding carboxylic acids is 2. The van der Waals surface area contributed by atoms with Crippen molar-refractivity contribution in [2.75, 3.05) is 13.1 Å². The molecule has 0 radical (unpaired) electrons. The zero-order chi connectivity index (χ0) is 10.8. The highest BCUT2D eigenvalue weighted by Crippen LogP contribution is 2.27. The molecule has 0 unspecified atom stereocenters. The average Bonchev–Trinajstić information content (AvgIpc) is 2.23. The lowest BCUT2D eigenvalue weighted by Gasteiger charge is -2.37. The summed E-state index contributed by atoms with van der Waals surface area (Å²) in [7, 11) is 0. The molecule has 84 valence electrons. The average molecular weight is 210 g/mol. The minimum Gasteiger partial charge on any atom is -0.345 e. The number of nitrogens with one attached hydrogen (secondary N) is 1. The molecule has 1 saturated heterocycles. The van der Waals surface area contributed by atoms with Crippen LogP contribution in [0.15, 0.2) is 0 Å². The molecule has 0 spiro atoms. The molecule has 0 aromatic rings. The van der Waals surface area contributed by atoms with Crippen LogP contribution in [0.1, 0.15) is 32.6 Å². The Kier molecular flexibility index (Phi) is 2.93. The van der Waals surface area contributed by atoms with Gasteiger partial charge in [0.1, 0.15) is 0 Å². The molecule has 1 aliphatic heterocycles. The Labute approximate surface area is 90.0 Å². The lowest BCUT2D eigenvalue weighted by Crippen LogP contribution is -2.55. The highest BCUT2D eigenvalue weighted by molar-refractivity contribution is 5.92. The topological polar surface area (TPSA) is 49.4 Å². The van der Waals surface area contributed by atoms with Gasteiger partial charge in [0, 0.05) is 6.04 Å². The van der Waals surface area contributed by atoms with Crippen molar-refractivity contribution in [2.45, 2.75) is 38.6 Å². The first-order valence-corrected chi connectivity index (χ1v) is 5.73. The van der Waals surface area contributed by atoms with E-state index in [2.05, 4.69) is 12.2 Å². The van der Waals surface area contributed by atoms with E-state index in [0.717, 1.165) is 18.8 Å². The van der Waals surface area contributed by atoms with Crippen LogP contribution in [0.3, 0.4) is 0 Å². The van der Waals surface area contributed by atoms with Crippen LogP contribution in [0.2, 0.25) is 0 Å². The Hall–Kier alpha value is -1.06. The van der Waals surface area contributed by atoms with Crippen molar-refractivity contribution in [3.05, 3.63) is 0 Å². The van der Waals surface area contributed by atoms with Crippen molar-refractivity contribution < 1.29 is 9.59 Å². The molecule has 2 amide bonds. The summed E-state index contributed by atoms with van der Waals surface area (Å²) in [4.78, 5) is 24.6. The van der Waals surface area contributed by atoms with Crippen LogP contribution >= 0.6 is 0 Å². The van der Waals surface area contributed by atoms with Gasteiger partial charge >= 0.3 is 0 Å². The maximum absolute atomic E-state index is 11.6. The number of hydrogen-bond donors (Lipinski definition) is 1. The SMILES string of the molecule is CC1CCC(N2CC(=O)NCC2=O)CC1. The summed E-state index contributed by atoms with van der Waals surface area (Å²) in [5.41, 5.74) is 0. The van der Waals surface area contributed by atoms with Gasteiger partial charge in [0.2, 0.25) is 11.8 Å². The quantitative estimate of drug-likeness (QED) is 0.686. The normalized spacial score (nSPS) is 32.7. The number of nitrogens with zero attached hydrogens (tertiary/aromatic N) is 1. The molecular formula is C11H18N2O2. The summed E-state index contributed by atoms with van der Waals surface area (Å²) in [6.45, 7) is 2.70. The van der Waals surface area contributed by atoms with Gasteiger partial charge in [-0.2, -0.15) is 0 Å². The van der Waals surface area contributed by atoms with Crippen LogP contribution in [-0.4, -0.2) is 35.8 Å². The predicted molar refractivity (Wildman–Crippen MR) is 56.1 cm³/mol. The van der Waals surface area contributed by atoms with Gasteiger partial charge in [-0.25, -0.2) is 0 Å². The number of hydrogen-bond acceptors (Lipinski definition) is 2. The molecule has 1 aliphatic carbocycles. The van der Waals surface area contributed by atoms with Gasteiger partial charge in [-0.15, -0.1) is 0 Å². The third-order valence-corrected chi connectivity index (χ3v) is 3.50. The largest absolute Gasteiger partial charge is 0.345 e. The summed E-state index contributed by atoms with van der Waals surface area (Å²) in [6, 6.07) is 0.305. The molecule has 4 nitrogen and oxygen atoms in total. The first-order valence-electron chi connectivity index (χ1n) is 5.73. The molecule has 1 N–H and O–H groups in total. The Bertz CT molecular complexity index is 270. The molecule has 2 fully saturated rings. The van der Waals surface area contributed by atoms with Gasteiger partial charge in [0.25, 0.3) is 0 Å². The van der Waals surface area contributed by atoms with Crippen molar-refractivity contribution >= 4 is 11.8 Å². The van der Waals surface area contributed by atoms with Crippen LogP contribution < -0.4 is 5.32 Å². The Morgan fingerprint density at radius 1 is 1.20 bits per heavy atom. The summed E-state index contributed by atoms with van der Waals surface area (Å²) >= 11 is 0. The summed E-state index contributed by atoms with van der Waals surface area (Å²) < 4.78 is 0. The molecule has 15 heavy (non-hydrogen) atoms. The van der Waals surface area contributed by atoms with E-state index in [1.807, 2.05) is 0 Å². The second-order valence-corrected chi connectivity index (χ2v) is 4.71. The van der Waals surface area contributed by atoms with Crippen molar-refractivity contribution in [3.63, 3.8) is 0 Å². The van der Waals surface area contributed by atoms with Crippen LogP contribution in [0, 0.1) is 5.92 Å². The Morgan fingerprint density at radius 3 is 2.53 bits per heavy atom. The van der Waals surface area contributed by atoms with E-state index in [4.69, 9.17) is 0 Å². The summed E-state index contributed by atoms with van der Waals surface area (Å²) in [6.07, 6.45) is 4.46. The molecule has 2 rings (SSSR count). The molecule has 1 saturated carbocycles. The van der Waals surface area contributed by atoms with Crippen molar-refractivity contribution in [1.82, 2.24) is 10.2 Å². The third-order valence-electron chi connectivity index (χ3n) is 3.50. The second-order valence-electron chi connectivity index (χ2n) is 4.71. The molecular weight excluding hydrogens is 192 g/mol.